The third kappa shape index (κ3) is 33.4. The van der Waals surface area contributed by atoms with Crippen molar-refractivity contribution in [1.29, 1.82) is 0 Å². The third-order valence-corrected chi connectivity index (χ3v) is 13.8. The number of aliphatic hydroxyl groups excluding tert-OH is 3. The molecule has 1 aromatic rings. The fourth-order valence-electron chi connectivity index (χ4n) is 7.16. The Morgan fingerprint density at radius 3 is 1.96 bits per heavy atom. The minimum Gasteiger partial charge on any atom is -0.462 e. The normalized spacial score (nSPS) is 20.0. The molecule has 19 nitrogen and oxygen atoms in total. The average molecular weight is 1090 g/mol. The molecular weight excluding hydrogens is 1010 g/mol. The van der Waals surface area contributed by atoms with E-state index in [9.17, 15) is 48.6 Å². The molecule has 0 aromatic carbocycles. The van der Waals surface area contributed by atoms with E-state index >= 15 is 0 Å². The highest BCUT2D eigenvalue weighted by Gasteiger charge is 2.46. The maximum Gasteiger partial charge on any atom is 0.481 e. The van der Waals surface area contributed by atoms with E-state index in [1.54, 1.807) is 24.3 Å². The van der Waals surface area contributed by atoms with Crippen molar-refractivity contribution in [2.24, 2.45) is 0 Å². The largest absolute Gasteiger partial charge is 0.481 e. The van der Waals surface area contributed by atoms with Crippen molar-refractivity contribution < 1.29 is 71.4 Å². The predicted octanol–water partition coefficient (Wildman–Crippen LogP) is 10.2. The van der Waals surface area contributed by atoms with Gasteiger partial charge in [-0.3, -0.25) is 23.2 Å². The molecule has 1 aliphatic heterocycles. The van der Waals surface area contributed by atoms with Gasteiger partial charge in [0.2, 0.25) is 0 Å². The number of esters is 2. The summed E-state index contributed by atoms with van der Waals surface area (Å²) in [5.74, 6) is -1.51. The molecule has 2 heterocycles. The summed E-state index contributed by atoms with van der Waals surface area (Å²) in [6, 6.07) is 1.24. The molecule has 0 saturated carbocycles. The van der Waals surface area contributed by atoms with Crippen LogP contribution < -0.4 is 11.4 Å². The Morgan fingerprint density at radius 1 is 0.720 bits per heavy atom. The van der Waals surface area contributed by atoms with Crippen LogP contribution in [-0.4, -0.2) is 96.9 Å². The van der Waals surface area contributed by atoms with Gasteiger partial charge in [0, 0.05) is 19.0 Å². The molecule has 0 amide bonds. The van der Waals surface area contributed by atoms with Gasteiger partial charge in [0.25, 0.3) is 0 Å². The van der Waals surface area contributed by atoms with Gasteiger partial charge in [0.05, 0.1) is 19.3 Å². The molecule has 2 rings (SSSR count). The summed E-state index contributed by atoms with van der Waals surface area (Å²) in [6.07, 6.45) is 42.2. The van der Waals surface area contributed by atoms with Crippen molar-refractivity contribution in [3.8, 4) is 0 Å². The summed E-state index contributed by atoms with van der Waals surface area (Å²) in [6.45, 7) is 1.83. The molecular formula is C54H85N3O16P2. The number of carbonyl (C=O) groups excluding carboxylic acids is 2. The molecule has 0 aliphatic carbocycles. The van der Waals surface area contributed by atoms with Crippen LogP contribution in [0.4, 0.5) is 5.82 Å². The van der Waals surface area contributed by atoms with Crippen LogP contribution in [0.25, 0.3) is 0 Å². The summed E-state index contributed by atoms with van der Waals surface area (Å²) in [4.78, 5) is 62.0. The number of anilines is 1. The molecule has 1 aromatic heterocycles. The van der Waals surface area contributed by atoms with Gasteiger partial charge in [0.1, 0.15) is 30.7 Å². The number of phosphoric acid groups is 2. The van der Waals surface area contributed by atoms with Crippen LogP contribution in [0.1, 0.15) is 155 Å². The Kier molecular flexibility index (Phi) is 36.3. The Morgan fingerprint density at radius 2 is 1.31 bits per heavy atom. The number of unbranched alkanes of at least 4 members (excludes halogenated alkanes) is 10. The van der Waals surface area contributed by atoms with Crippen LogP contribution >= 0.6 is 15.6 Å². The number of allylic oxidation sites excluding steroid dienone is 14. The first-order valence-corrected chi connectivity index (χ1v) is 29.3. The number of aliphatic hydroxyl groups is 3. The second-order valence-electron chi connectivity index (χ2n) is 17.8. The first-order valence-electron chi connectivity index (χ1n) is 26.4. The lowest BCUT2D eigenvalue weighted by molar-refractivity contribution is -0.161. The third-order valence-electron chi connectivity index (χ3n) is 11.2. The van der Waals surface area contributed by atoms with Gasteiger partial charge in [-0.25, -0.2) is 13.9 Å². The topological polar surface area (TPSA) is 286 Å². The Bertz CT molecular complexity index is 2150. The highest BCUT2D eigenvalue weighted by Crippen LogP contribution is 2.60. The van der Waals surface area contributed by atoms with Crippen LogP contribution in [0.15, 0.2) is 114 Å². The molecule has 0 bridgehead atoms. The first kappa shape index (κ1) is 66.8. The van der Waals surface area contributed by atoms with E-state index in [1.165, 1.54) is 25.3 Å². The number of ether oxygens (including phenoxy) is 3. The van der Waals surface area contributed by atoms with E-state index in [4.69, 9.17) is 29.0 Å². The number of phosphoric ester groups is 2. The number of carbonyl (C=O) groups is 2. The van der Waals surface area contributed by atoms with Gasteiger partial charge < -0.3 is 45.1 Å². The first-order chi connectivity index (χ1) is 36.1. The van der Waals surface area contributed by atoms with Gasteiger partial charge in [-0.15, -0.1) is 0 Å². The monoisotopic (exact) mass is 1090 g/mol. The minimum absolute atomic E-state index is 0.00133. The maximum atomic E-state index is 12.9. The van der Waals surface area contributed by atoms with Gasteiger partial charge >= 0.3 is 33.3 Å². The zero-order valence-electron chi connectivity index (χ0n) is 43.9. The van der Waals surface area contributed by atoms with E-state index in [0.717, 1.165) is 94.2 Å². The number of hydrogen-bond donors (Lipinski definition) is 6. The molecule has 3 unspecified atom stereocenters. The number of nitrogen functional groups attached to an aromatic ring is 1. The lowest BCUT2D eigenvalue weighted by atomic mass is 10.1. The van der Waals surface area contributed by atoms with E-state index in [2.05, 4.69) is 83.9 Å². The van der Waals surface area contributed by atoms with E-state index < -0.39 is 89.8 Å². The minimum atomic E-state index is -5.47. The van der Waals surface area contributed by atoms with Gasteiger partial charge in [-0.1, -0.05) is 156 Å². The van der Waals surface area contributed by atoms with Crippen LogP contribution in [0.5, 0.6) is 0 Å². The van der Waals surface area contributed by atoms with Crippen LogP contribution in [0, 0.1) is 0 Å². The van der Waals surface area contributed by atoms with Gasteiger partial charge in [-0.2, -0.15) is 9.29 Å². The molecule has 21 heteroatoms. The van der Waals surface area contributed by atoms with Crippen molar-refractivity contribution in [1.82, 2.24) is 9.55 Å². The lowest BCUT2D eigenvalue weighted by Crippen LogP contribution is -2.36. The van der Waals surface area contributed by atoms with Crippen molar-refractivity contribution in [3.05, 3.63) is 120 Å². The van der Waals surface area contributed by atoms with E-state index in [-0.39, 0.29) is 25.1 Å². The Hall–Kier alpha value is -4.36. The van der Waals surface area contributed by atoms with Gasteiger partial charge in [-0.05, 0) is 83.1 Å². The average Bonchev–Trinajstić information content (AvgIpc) is 3.64. The van der Waals surface area contributed by atoms with Crippen molar-refractivity contribution in [2.75, 3.05) is 25.6 Å². The quantitative estimate of drug-likeness (QED) is 0.0117. The SMILES string of the molecule is CC/C=C\C/C=C\C/C=C\C/C=C\C=C/C(O)C/C=C\CCC(=O)OC[C@H](COP(=O)(O)OP(=O)(O)OC[C@H]1O[C@@H](n2ccc(N)nc2=O)[C@H](O)[C@@H]1O)OC(=O)CCCCCCCCC/C=C\C/C=C\CCCCC. The van der Waals surface area contributed by atoms with E-state index in [1.807, 2.05) is 12.2 Å². The van der Waals surface area contributed by atoms with Crippen molar-refractivity contribution >= 4 is 33.4 Å². The zero-order chi connectivity index (χ0) is 55.0. The lowest BCUT2D eigenvalue weighted by Gasteiger charge is -2.21. The van der Waals surface area contributed by atoms with Crippen LogP contribution in [-0.2, 0) is 46.3 Å². The summed E-state index contributed by atoms with van der Waals surface area (Å²) in [7, 11) is -10.9. The second kappa shape index (κ2) is 40.8. The second-order valence-corrected chi connectivity index (χ2v) is 20.9. The van der Waals surface area contributed by atoms with Gasteiger partial charge in [0.15, 0.2) is 12.3 Å². The number of nitrogens with two attached hydrogens (primary N) is 1. The summed E-state index contributed by atoms with van der Waals surface area (Å²) < 4.78 is 56.7. The van der Waals surface area contributed by atoms with Crippen LogP contribution in [0.3, 0.4) is 0 Å². The Labute approximate surface area is 443 Å². The molecule has 8 atom stereocenters. The van der Waals surface area contributed by atoms with E-state index in [0.29, 0.717) is 12.8 Å². The summed E-state index contributed by atoms with van der Waals surface area (Å²) in [5, 5.41) is 31.2. The number of hydrogen-bond acceptors (Lipinski definition) is 16. The summed E-state index contributed by atoms with van der Waals surface area (Å²) >= 11 is 0. The smallest absolute Gasteiger partial charge is 0.462 e. The fourth-order valence-corrected chi connectivity index (χ4v) is 9.27. The fraction of sp³-hybridized carbons (Fsp3) is 0.593. The van der Waals surface area contributed by atoms with Crippen molar-refractivity contribution in [3.63, 3.8) is 0 Å². The number of nitrogens with zero attached hydrogens (tertiary/aromatic N) is 2. The maximum absolute atomic E-state index is 12.9. The molecule has 1 fully saturated rings. The molecule has 1 aliphatic rings. The predicted molar refractivity (Wildman–Crippen MR) is 290 cm³/mol. The molecule has 1 saturated heterocycles. The molecule has 75 heavy (non-hydrogen) atoms. The Balaban J connectivity index is 1.85. The molecule has 0 radical (unpaired) electrons. The molecule has 7 N–H and O–H groups in total. The summed E-state index contributed by atoms with van der Waals surface area (Å²) in [5.41, 5.74) is 4.57. The molecule has 0 spiro atoms. The highest BCUT2D eigenvalue weighted by molar-refractivity contribution is 7.61. The van der Waals surface area contributed by atoms with Crippen LogP contribution in [0.2, 0.25) is 0 Å². The number of aromatic nitrogens is 2. The number of rotatable bonds is 42. The molecule has 422 valence electrons. The highest BCUT2D eigenvalue weighted by atomic mass is 31.3. The van der Waals surface area contributed by atoms with Crippen molar-refractivity contribution in [2.45, 2.75) is 185 Å². The zero-order valence-corrected chi connectivity index (χ0v) is 45.7. The standard InChI is InChI=1S/C54H85N3O16P2/c1-3-5-7-9-11-13-15-17-18-19-20-22-24-26-28-30-34-39-50(60)71-46(42-68-49(59)38-35-31-33-37-45(58)36-32-29-27-25-23-21-16-14-12-10-8-6-4-2)43-69-74(64,65)73-75(66,67)70-44-47-51(61)52(62)53(72-47)57-41-40-48(55)56-54(57)63/h6,8,11-14,17-18,21,23,27,29,31-33,36,40-41,45-47,51-53,58,61-62H,3-5,7,9-10,15-16,19-20,22,24-26,28,30,34-35,37-39,42-44H2,1-2H3,(H,64,65)(H,66,67)(H2,55,56,63)/b8-6-,13-11-,14-12-,18-17-,23-21-,29-27-,33-31-,36-32-/t45?,46-,47-,51-,52-,53-/m1/s1.